The molecule has 38 heavy (non-hydrogen) atoms. The van der Waals surface area contributed by atoms with Crippen LogP contribution < -0.4 is 14.8 Å². The van der Waals surface area contributed by atoms with E-state index in [4.69, 9.17) is 19.4 Å². The van der Waals surface area contributed by atoms with Gasteiger partial charge in [0, 0.05) is 35.1 Å². The van der Waals surface area contributed by atoms with Crippen molar-refractivity contribution in [3.8, 4) is 22.6 Å². The number of hydrogen-bond acceptors (Lipinski definition) is 6. The fraction of sp³-hybridized carbons (Fsp3) is 0.323. The molecule has 1 unspecified atom stereocenters. The summed E-state index contributed by atoms with van der Waals surface area (Å²) in [6, 6.07) is 20.4. The van der Waals surface area contributed by atoms with Crippen molar-refractivity contribution in [2.24, 2.45) is 0 Å². The molecule has 1 aromatic heterocycles. The molecule has 7 nitrogen and oxygen atoms in total. The van der Waals surface area contributed by atoms with Crippen molar-refractivity contribution in [3.05, 3.63) is 77.5 Å². The second-order valence-electron chi connectivity index (χ2n) is 10.3. The average Bonchev–Trinajstić information content (AvgIpc) is 2.93. The lowest BCUT2D eigenvalue weighted by Gasteiger charge is -2.38. The Morgan fingerprint density at radius 1 is 1.00 bits per heavy atom. The number of rotatable bonds is 4. The first-order chi connectivity index (χ1) is 18.5. The number of aryl methyl sites for hydroxylation is 2. The number of carbonyl (C=O) groups is 1. The second kappa shape index (κ2) is 9.97. The van der Waals surface area contributed by atoms with Gasteiger partial charge in [-0.3, -0.25) is 4.79 Å². The molecule has 1 amide bonds. The van der Waals surface area contributed by atoms with Crippen LogP contribution in [-0.4, -0.2) is 52.6 Å². The summed E-state index contributed by atoms with van der Waals surface area (Å²) in [5.74, 6) is 2.30. The first-order valence-corrected chi connectivity index (χ1v) is 13.3. The Labute approximate surface area is 222 Å². The van der Waals surface area contributed by atoms with Crippen LogP contribution in [0.25, 0.3) is 22.0 Å². The number of amides is 1. The van der Waals surface area contributed by atoms with Gasteiger partial charge in [-0.05, 0) is 69.5 Å². The van der Waals surface area contributed by atoms with E-state index in [1.807, 2.05) is 61.2 Å². The van der Waals surface area contributed by atoms with E-state index in [0.717, 1.165) is 63.2 Å². The Morgan fingerprint density at radius 2 is 1.82 bits per heavy atom. The van der Waals surface area contributed by atoms with Crippen molar-refractivity contribution >= 4 is 22.8 Å². The van der Waals surface area contributed by atoms with Crippen LogP contribution in [0.5, 0.6) is 11.5 Å². The van der Waals surface area contributed by atoms with E-state index >= 15 is 0 Å². The average molecular weight is 509 g/mol. The number of nitrogens with zero attached hydrogens (tertiary/aromatic N) is 3. The number of likely N-dealkylation sites (tertiary alicyclic amines) is 1. The van der Waals surface area contributed by atoms with E-state index in [0.29, 0.717) is 25.7 Å². The number of anilines is 1. The van der Waals surface area contributed by atoms with Gasteiger partial charge in [-0.1, -0.05) is 35.9 Å². The highest BCUT2D eigenvalue weighted by molar-refractivity contribution is 5.94. The van der Waals surface area contributed by atoms with Gasteiger partial charge in [-0.2, -0.15) is 0 Å². The Kier molecular flexibility index (Phi) is 6.35. The van der Waals surface area contributed by atoms with Gasteiger partial charge in [-0.25, -0.2) is 9.97 Å². The van der Waals surface area contributed by atoms with E-state index in [1.165, 1.54) is 0 Å². The van der Waals surface area contributed by atoms with Gasteiger partial charge in [0.25, 0.3) is 5.91 Å². The van der Waals surface area contributed by atoms with Crippen molar-refractivity contribution < 1.29 is 14.3 Å². The highest BCUT2D eigenvalue weighted by Crippen LogP contribution is 2.40. The molecule has 7 heteroatoms. The number of hydrogen-bond donors (Lipinski definition) is 1. The summed E-state index contributed by atoms with van der Waals surface area (Å²) >= 11 is 0. The maximum atomic E-state index is 13.1. The van der Waals surface area contributed by atoms with Crippen LogP contribution in [0.1, 0.15) is 41.4 Å². The fourth-order valence-electron chi connectivity index (χ4n) is 5.46. The molecular weight excluding hydrogens is 476 g/mol. The van der Waals surface area contributed by atoms with Crippen LogP contribution in [0, 0.1) is 13.8 Å². The molecule has 4 aromatic rings. The van der Waals surface area contributed by atoms with Gasteiger partial charge in [0.1, 0.15) is 13.2 Å². The zero-order valence-corrected chi connectivity index (χ0v) is 22.0. The zero-order chi connectivity index (χ0) is 26.2. The van der Waals surface area contributed by atoms with E-state index in [-0.39, 0.29) is 18.0 Å². The minimum absolute atomic E-state index is 0.0983. The van der Waals surface area contributed by atoms with Crippen molar-refractivity contribution in [1.82, 2.24) is 14.9 Å². The van der Waals surface area contributed by atoms with Gasteiger partial charge >= 0.3 is 0 Å². The third-order valence-corrected chi connectivity index (χ3v) is 7.53. The number of para-hydroxylation sites is 1. The van der Waals surface area contributed by atoms with Gasteiger partial charge in [-0.15, -0.1) is 0 Å². The van der Waals surface area contributed by atoms with Gasteiger partial charge < -0.3 is 19.7 Å². The first-order valence-electron chi connectivity index (χ1n) is 13.3. The van der Waals surface area contributed by atoms with Crippen molar-refractivity contribution in [2.75, 3.05) is 25.1 Å². The Bertz CT molecular complexity index is 1500. The summed E-state index contributed by atoms with van der Waals surface area (Å²) in [7, 11) is 0. The Hall–Kier alpha value is -4.13. The minimum Gasteiger partial charge on any atom is -0.486 e. The van der Waals surface area contributed by atoms with Crippen LogP contribution in [0.2, 0.25) is 0 Å². The molecule has 0 saturated carbocycles. The molecule has 0 aliphatic carbocycles. The molecule has 6 rings (SSSR count). The van der Waals surface area contributed by atoms with Gasteiger partial charge in [0.15, 0.2) is 11.5 Å². The van der Waals surface area contributed by atoms with E-state index in [1.54, 1.807) is 0 Å². The standard InChI is InChI=1S/C31H32N4O3/c1-19-7-9-22(10-8-19)30(36)35-14-13-24(17-20(35)2)33-31-32-21(3)26-18-23(11-12-27(26)34-31)25-5-4-6-28-29(25)38-16-15-37-28/h4-12,18,20,24H,13-17H2,1-3H3,(H,32,33,34)/t20-,24?/m0/s1. The van der Waals surface area contributed by atoms with Crippen LogP contribution in [0.15, 0.2) is 60.7 Å². The quantitative estimate of drug-likeness (QED) is 0.376. The van der Waals surface area contributed by atoms with Crippen LogP contribution in [0.4, 0.5) is 5.95 Å². The number of benzene rings is 3. The molecular formula is C31H32N4O3. The number of ether oxygens (including phenoxy) is 2. The van der Waals surface area contributed by atoms with Crippen LogP contribution >= 0.6 is 0 Å². The molecule has 0 bridgehead atoms. The van der Waals surface area contributed by atoms with Crippen LogP contribution in [-0.2, 0) is 0 Å². The molecule has 1 N–H and O–H groups in total. The summed E-state index contributed by atoms with van der Waals surface area (Å²) in [4.78, 5) is 24.7. The second-order valence-corrected chi connectivity index (χ2v) is 10.3. The maximum Gasteiger partial charge on any atom is 0.254 e. The van der Waals surface area contributed by atoms with Crippen molar-refractivity contribution in [2.45, 2.75) is 45.7 Å². The molecule has 0 radical (unpaired) electrons. The SMILES string of the molecule is Cc1ccc(C(=O)N2CCC(Nc3nc(C)c4cc(-c5cccc6c5OCCO6)ccc4n3)C[C@@H]2C)cc1. The number of piperidine rings is 1. The normalized spacial score (nSPS) is 18.9. The predicted octanol–water partition coefficient (Wildman–Crippen LogP) is 5.79. The van der Waals surface area contributed by atoms with E-state index < -0.39 is 0 Å². The summed E-state index contributed by atoms with van der Waals surface area (Å²) in [6.45, 7) is 7.98. The maximum absolute atomic E-state index is 13.1. The fourth-order valence-corrected chi connectivity index (χ4v) is 5.46. The number of nitrogens with one attached hydrogen (secondary N) is 1. The van der Waals surface area contributed by atoms with Crippen molar-refractivity contribution in [1.29, 1.82) is 0 Å². The third kappa shape index (κ3) is 4.64. The molecule has 194 valence electrons. The highest BCUT2D eigenvalue weighted by atomic mass is 16.6. The molecule has 1 fully saturated rings. The largest absolute Gasteiger partial charge is 0.486 e. The molecule has 0 spiro atoms. The summed E-state index contributed by atoms with van der Waals surface area (Å²) in [5, 5.41) is 4.55. The van der Waals surface area contributed by atoms with Gasteiger partial charge in [0.2, 0.25) is 5.95 Å². The number of aromatic nitrogens is 2. The smallest absolute Gasteiger partial charge is 0.254 e. The topological polar surface area (TPSA) is 76.6 Å². The highest BCUT2D eigenvalue weighted by Gasteiger charge is 2.30. The van der Waals surface area contributed by atoms with Crippen LogP contribution in [0.3, 0.4) is 0 Å². The molecule has 2 aliphatic heterocycles. The van der Waals surface area contributed by atoms with Gasteiger partial charge in [0.05, 0.1) is 11.2 Å². The van der Waals surface area contributed by atoms with E-state index in [9.17, 15) is 4.79 Å². The minimum atomic E-state index is 0.0983. The molecule has 2 aliphatic rings. The van der Waals surface area contributed by atoms with Crippen molar-refractivity contribution in [3.63, 3.8) is 0 Å². The monoisotopic (exact) mass is 508 g/mol. The number of fused-ring (bicyclic) bond motifs is 2. The lowest BCUT2D eigenvalue weighted by molar-refractivity contribution is 0.0625. The third-order valence-electron chi connectivity index (χ3n) is 7.53. The van der Waals surface area contributed by atoms with E-state index in [2.05, 4.69) is 30.4 Å². The Balaban J connectivity index is 1.18. The summed E-state index contributed by atoms with van der Waals surface area (Å²) in [5.41, 5.74) is 5.77. The summed E-state index contributed by atoms with van der Waals surface area (Å²) in [6.07, 6.45) is 1.70. The lowest BCUT2D eigenvalue weighted by atomic mass is 9.97. The Morgan fingerprint density at radius 3 is 2.63 bits per heavy atom. The lowest BCUT2D eigenvalue weighted by Crippen LogP contribution is -2.48. The molecule has 2 atom stereocenters. The predicted molar refractivity (Wildman–Crippen MR) is 149 cm³/mol. The summed E-state index contributed by atoms with van der Waals surface area (Å²) < 4.78 is 11.7. The molecule has 3 heterocycles. The first kappa shape index (κ1) is 24.2. The molecule has 1 saturated heterocycles. The zero-order valence-electron chi connectivity index (χ0n) is 22.0. The molecule has 3 aromatic carbocycles. The number of carbonyl (C=O) groups excluding carboxylic acids is 1.